The van der Waals surface area contributed by atoms with Gasteiger partial charge in [0.2, 0.25) is 10.0 Å². The van der Waals surface area contributed by atoms with E-state index in [2.05, 4.69) is 30.9 Å². The number of allylic oxidation sites excluding steroid dienone is 5. The molecule has 0 radical (unpaired) electrons. The highest BCUT2D eigenvalue weighted by molar-refractivity contribution is 7.88. The third-order valence-electron chi connectivity index (χ3n) is 3.42. The lowest BCUT2D eigenvalue weighted by atomic mass is 9.88. The zero-order valence-electron chi connectivity index (χ0n) is 14.5. The Kier molecular flexibility index (Phi) is 10.0. The van der Waals surface area contributed by atoms with Crippen LogP contribution in [0.5, 0.6) is 0 Å². The molecule has 0 aliphatic heterocycles. The average Bonchev–Trinajstić information content (AvgIpc) is 2.46. The summed E-state index contributed by atoms with van der Waals surface area (Å²) in [6, 6.07) is 0. The van der Waals surface area contributed by atoms with E-state index >= 15 is 0 Å². The molecule has 0 amide bonds. The molecule has 0 aromatic rings. The van der Waals surface area contributed by atoms with Crippen molar-refractivity contribution in [3.63, 3.8) is 0 Å². The molecule has 0 saturated carbocycles. The van der Waals surface area contributed by atoms with E-state index in [9.17, 15) is 8.42 Å². The first kappa shape index (κ1) is 20.9. The van der Waals surface area contributed by atoms with Crippen molar-refractivity contribution in [1.29, 1.82) is 0 Å². The normalized spacial score (nSPS) is 18.4. The summed E-state index contributed by atoms with van der Waals surface area (Å²) in [6.45, 7) is 14.7. The van der Waals surface area contributed by atoms with Crippen molar-refractivity contribution in [3.8, 4) is 0 Å². The summed E-state index contributed by atoms with van der Waals surface area (Å²) in [5.74, 6) is 0.771. The van der Waals surface area contributed by atoms with Crippen LogP contribution in [0.4, 0.5) is 0 Å². The Bertz CT molecular complexity index is 533. The van der Waals surface area contributed by atoms with Crippen LogP contribution < -0.4 is 4.72 Å². The highest BCUT2D eigenvalue weighted by atomic mass is 32.2. The maximum atomic E-state index is 10.9. The fourth-order valence-electron chi connectivity index (χ4n) is 2.06. The van der Waals surface area contributed by atoms with Crippen molar-refractivity contribution < 1.29 is 9.84 Å². The van der Waals surface area contributed by atoms with E-state index in [4.69, 9.17) is 0 Å². The predicted molar refractivity (Wildman–Crippen MR) is 99.4 cm³/mol. The fourth-order valence-corrected chi connectivity index (χ4v) is 2.54. The van der Waals surface area contributed by atoms with Gasteiger partial charge in [0.25, 0.3) is 0 Å². The lowest BCUT2D eigenvalue weighted by molar-refractivity contribution is 0.517. The van der Waals surface area contributed by atoms with Gasteiger partial charge < -0.3 is 0 Å². The Morgan fingerprint density at radius 1 is 1.41 bits per heavy atom. The zero-order valence-corrected chi connectivity index (χ0v) is 15.3. The summed E-state index contributed by atoms with van der Waals surface area (Å²) >= 11 is 0. The molecule has 0 aromatic carbocycles. The molecule has 0 heterocycles. The zero-order chi connectivity index (χ0) is 17.2. The summed E-state index contributed by atoms with van der Waals surface area (Å²) < 4.78 is 24.3. The van der Waals surface area contributed by atoms with E-state index in [1.54, 1.807) is 0 Å². The molecule has 1 N–H and O–H groups in total. The molecule has 4 heteroatoms. The van der Waals surface area contributed by atoms with Gasteiger partial charge in [-0.3, -0.25) is 0 Å². The molecule has 1 atom stereocenters. The van der Waals surface area contributed by atoms with Gasteiger partial charge in [-0.1, -0.05) is 57.7 Å². The molecule has 0 fully saturated rings. The van der Waals surface area contributed by atoms with Gasteiger partial charge in [-0.15, -0.1) is 0 Å². The molecular formula is C18H33NO2S. The standard InChI is InChI=1S/C16H25NO2S.C2H6.H2/c1-13-6-9-16(10-7-13)15(3)8-5-14(2)11-12-17-20(4,18)19;1-2;/h5,8-9,13,17H,2-3,6-7,10-12H2,1,4H3;1-2H3;1H/b8-5-;;. The second-order valence-electron chi connectivity index (χ2n) is 5.54. The molecule has 1 aliphatic carbocycles. The predicted octanol–water partition coefficient (Wildman–Crippen LogP) is 4.61. The van der Waals surface area contributed by atoms with Gasteiger partial charge >= 0.3 is 0 Å². The number of hydrogen-bond acceptors (Lipinski definition) is 2. The van der Waals surface area contributed by atoms with Gasteiger partial charge in [-0.2, -0.15) is 0 Å². The number of nitrogens with one attached hydrogen (secondary N) is 1. The second-order valence-corrected chi connectivity index (χ2v) is 7.38. The minimum Gasteiger partial charge on any atom is -0.215 e. The van der Waals surface area contributed by atoms with Gasteiger partial charge in [0.05, 0.1) is 6.26 Å². The van der Waals surface area contributed by atoms with Crippen molar-refractivity contribution in [3.05, 3.63) is 48.1 Å². The first-order chi connectivity index (χ1) is 10.3. The Balaban J connectivity index is 0. The van der Waals surface area contributed by atoms with Crippen LogP contribution in [-0.2, 0) is 10.0 Å². The van der Waals surface area contributed by atoms with Crippen LogP contribution in [0.1, 0.15) is 47.9 Å². The fraction of sp³-hybridized carbons (Fsp3) is 0.556. The van der Waals surface area contributed by atoms with E-state index in [1.165, 1.54) is 12.0 Å². The van der Waals surface area contributed by atoms with Gasteiger partial charge in [0, 0.05) is 7.97 Å². The smallest absolute Gasteiger partial charge is 0.208 e. The summed E-state index contributed by atoms with van der Waals surface area (Å²) in [5, 5.41) is 0. The van der Waals surface area contributed by atoms with E-state index in [0.29, 0.717) is 13.0 Å². The Hall–Kier alpha value is -1.13. The maximum absolute atomic E-state index is 10.9. The van der Waals surface area contributed by atoms with Crippen LogP contribution in [0.3, 0.4) is 0 Å². The van der Waals surface area contributed by atoms with Crippen molar-refractivity contribution in [1.82, 2.24) is 4.72 Å². The Labute approximate surface area is 138 Å². The van der Waals surface area contributed by atoms with Crippen molar-refractivity contribution in [2.24, 2.45) is 5.92 Å². The molecule has 0 bridgehead atoms. The largest absolute Gasteiger partial charge is 0.215 e. The highest BCUT2D eigenvalue weighted by Gasteiger charge is 2.10. The average molecular weight is 328 g/mol. The molecule has 0 saturated heterocycles. The second kappa shape index (κ2) is 10.6. The molecule has 0 aromatic heterocycles. The van der Waals surface area contributed by atoms with Crippen molar-refractivity contribution >= 4 is 10.0 Å². The van der Waals surface area contributed by atoms with Crippen LogP contribution in [0.25, 0.3) is 0 Å². The lowest BCUT2D eigenvalue weighted by Crippen LogP contribution is -2.23. The molecule has 0 spiro atoms. The molecule has 1 aliphatic rings. The van der Waals surface area contributed by atoms with Crippen molar-refractivity contribution in [2.75, 3.05) is 12.8 Å². The summed E-state index contributed by atoms with van der Waals surface area (Å²) in [7, 11) is -3.12. The first-order valence-electron chi connectivity index (χ1n) is 7.96. The number of sulfonamides is 1. The number of hydrogen-bond donors (Lipinski definition) is 1. The SMILES string of the molecule is C=C(/C=C\C(=C)C1=CCC(C)CC1)CCNS(C)(=O)=O.CC.[HH]. The molecular weight excluding hydrogens is 294 g/mol. The van der Waals surface area contributed by atoms with E-state index < -0.39 is 10.0 Å². The third-order valence-corrected chi connectivity index (χ3v) is 4.14. The minimum absolute atomic E-state index is 0. The van der Waals surface area contributed by atoms with Crippen LogP contribution in [0.15, 0.2) is 48.1 Å². The monoisotopic (exact) mass is 327 g/mol. The highest BCUT2D eigenvalue weighted by Crippen LogP contribution is 2.27. The lowest BCUT2D eigenvalue weighted by Gasteiger charge is -2.18. The first-order valence-corrected chi connectivity index (χ1v) is 9.86. The van der Waals surface area contributed by atoms with E-state index in [-0.39, 0.29) is 1.43 Å². The van der Waals surface area contributed by atoms with Crippen LogP contribution in [0.2, 0.25) is 0 Å². The van der Waals surface area contributed by atoms with Crippen molar-refractivity contribution in [2.45, 2.75) is 46.5 Å². The minimum atomic E-state index is -3.12. The molecule has 3 nitrogen and oxygen atoms in total. The molecule has 1 unspecified atom stereocenters. The molecule has 22 heavy (non-hydrogen) atoms. The van der Waals surface area contributed by atoms with Gasteiger partial charge in [-0.25, -0.2) is 13.1 Å². The summed E-state index contributed by atoms with van der Waals surface area (Å²) in [5.41, 5.74) is 3.25. The molecule has 128 valence electrons. The summed E-state index contributed by atoms with van der Waals surface area (Å²) in [4.78, 5) is 0. The number of rotatable bonds is 7. The topological polar surface area (TPSA) is 46.2 Å². The molecule has 1 rings (SSSR count). The van der Waals surface area contributed by atoms with Gasteiger partial charge in [-0.05, 0) is 42.7 Å². The maximum Gasteiger partial charge on any atom is 0.208 e. The summed E-state index contributed by atoms with van der Waals surface area (Å²) in [6.07, 6.45) is 11.4. The van der Waals surface area contributed by atoms with E-state index in [0.717, 1.165) is 36.2 Å². The van der Waals surface area contributed by atoms with Crippen LogP contribution in [-0.4, -0.2) is 21.2 Å². The Morgan fingerprint density at radius 2 is 2.05 bits per heavy atom. The van der Waals surface area contributed by atoms with E-state index in [1.807, 2.05) is 26.0 Å². The van der Waals surface area contributed by atoms with Crippen LogP contribution in [0, 0.1) is 5.92 Å². The quantitative estimate of drug-likeness (QED) is 0.694. The Morgan fingerprint density at radius 3 is 2.55 bits per heavy atom. The van der Waals surface area contributed by atoms with Gasteiger partial charge in [0.1, 0.15) is 0 Å². The van der Waals surface area contributed by atoms with Gasteiger partial charge in [0.15, 0.2) is 0 Å². The van der Waals surface area contributed by atoms with Crippen LogP contribution >= 0.6 is 0 Å². The third kappa shape index (κ3) is 9.74.